The number of aromatic nitrogens is 3. The largest absolute Gasteiger partial charge is 0.322 e. The Morgan fingerprint density at radius 3 is 2.69 bits per heavy atom. The number of nitrogens with one attached hydrogen (secondary N) is 3. The number of pyridine rings is 1. The summed E-state index contributed by atoms with van der Waals surface area (Å²) in [5.74, 6) is 0.422. The lowest BCUT2D eigenvalue weighted by atomic mass is 10.1. The van der Waals surface area contributed by atoms with Crippen molar-refractivity contribution in [2.45, 2.75) is 25.1 Å². The zero-order valence-corrected chi connectivity index (χ0v) is 15.1. The average molecular weight is 370 g/mol. The van der Waals surface area contributed by atoms with Crippen LogP contribution >= 0.6 is 11.8 Å². The lowest BCUT2D eigenvalue weighted by Crippen LogP contribution is -2.19. The first-order valence-corrected chi connectivity index (χ1v) is 9.38. The van der Waals surface area contributed by atoms with E-state index in [9.17, 15) is 14.4 Å². The molecule has 3 heterocycles. The van der Waals surface area contributed by atoms with Gasteiger partial charge >= 0.3 is 0 Å². The van der Waals surface area contributed by atoms with Gasteiger partial charge in [0.05, 0.1) is 16.6 Å². The number of nitrogens with zero attached hydrogens (tertiary/aromatic N) is 1. The van der Waals surface area contributed by atoms with Crippen LogP contribution < -0.4 is 16.4 Å². The molecule has 0 aliphatic carbocycles. The van der Waals surface area contributed by atoms with E-state index in [1.165, 1.54) is 11.8 Å². The van der Waals surface area contributed by atoms with Crippen LogP contribution in [-0.2, 0) is 4.79 Å². The van der Waals surface area contributed by atoms with Crippen molar-refractivity contribution in [1.82, 2.24) is 14.8 Å². The number of thioether (sulfide) groups is 1. The van der Waals surface area contributed by atoms with Gasteiger partial charge in [-0.3, -0.25) is 24.2 Å². The minimum absolute atomic E-state index is 0.0367. The molecule has 1 amide bonds. The normalized spacial score (nSPS) is 17.2. The highest BCUT2D eigenvalue weighted by molar-refractivity contribution is 8.00. The van der Waals surface area contributed by atoms with E-state index in [2.05, 4.69) is 15.4 Å². The maximum absolute atomic E-state index is 12.7. The zero-order valence-electron chi connectivity index (χ0n) is 14.3. The second-order valence-corrected chi connectivity index (χ2v) is 7.64. The number of rotatable bonds is 2. The van der Waals surface area contributed by atoms with Gasteiger partial charge < -0.3 is 10.3 Å². The van der Waals surface area contributed by atoms with Crippen LogP contribution in [0.25, 0.3) is 10.9 Å². The van der Waals surface area contributed by atoms with Crippen molar-refractivity contribution in [3.05, 3.63) is 62.2 Å². The van der Waals surface area contributed by atoms with E-state index in [1.807, 2.05) is 38.1 Å². The molecule has 134 valence electrons. The van der Waals surface area contributed by atoms with Gasteiger partial charge in [0.2, 0.25) is 5.91 Å². The van der Waals surface area contributed by atoms with Crippen molar-refractivity contribution in [2.75, 3.05) is 11.1 Å². The summed E-state index contributed by atoms with van der Waals surface area (Å²) in [6.45, 7) is 3.83. The van der Waals surface area contributed by atoms with Gasteiger partial charge in [-0.25, -0.2) is 0 Å². The first-order chi connectivity index (χ1) is 12.5. The van der Waals surface area contributed by atoms with Crippen LogP contribution in [0.5, 0.6) is 0 Å². The Hall–Kier alpha value is -2.74. The van der Waals surface area contributed by atoms with E-state index in [0.29, 0.717) is 16.9 Å². The monoisotopic (exact) mass is 370 g/mol. The van der Waals surface area contributed by atoms with Crippen LogP contribution in [0.2, 0.25) is 0 Å². The summed E-state index contributed by atoms with van der Waals surface area (Å²) in [7, 11) is 0. The number of carbonyl (C=O) groups is 1. The molecule has 1 aromatic carbocycles. The predicted octanol–water partition coefficient (Wildman–Crippen LogP) is 2.37. The van der Waals surface area contributed by atoms with Crippen molar-refractivity contribution in [3.8, 4) is 0 Å². The summed E-state index contributed by atoms with van der Waals surface area (Å²) in [5.41, 5.74) is 1.08. The fourth-order valence-corrected chi connectivity index (χ4v) is 4.37. The molecule has 0 saturated carbocycles. The summed E-state index contributed by atoms with van der Waals surface area (Å²) >= 11 is 1.28. The van der Waals surface area contributed by atoms with Crippen molar-refractivity contribution in [2.24, 2.45) is 0 Å². The van der Waals surface area contributed by atoms with Gasteiger partial charge in [0, 0.05) is 17.1 Å². The van der Waals surface area contributed by atoms with Crippen LogP contribution in [0.1, 0.15) is 36.3 Å². The van der Waals surface area contributed by atoms with E-state index >= 15 is 0 Å². The molecule has 0 bridgehead atoms. The van der Waals surface area contributed by atoms with Gasteiger partial charge in [-0.1, -0.05) is 18.2 Å². The van der Waals surface area contributed by atoms with Crippen molar-refractivity contribution in [3.63, 3.8) is 0 Å². The number of benzene rings is 1. The number of fused-ring (bicyclic) bond motifs is 2. The summed E-state index contributed by atoms with van der Waals surface area (Å²) in [4.78, 5) is 40.4. The van der Waals surface area contributed by atoms with Gasteiger partial charge in [0.1, 0.15) is 5.82 Å². The molecule has 3 aromatic rings. The molecule has 7 nitrogen and oxygen atoms in total. The van der Waals surface area contributed by atoms with Gasteiger partial charge in [-0.05, 0) is 31.4 Å². The first kappa shape index (κ1) is 16.7. The molecule has 8 heteroatoms. The first-order valence-electron chi connectivity index (χ1n) is 8.33. The lowest BCUT2D eigenvalue weighted by molar-refractivity contribution is -0.113. The summed E-state index contributed by atoms with van der Waals surface area (Å²) in [6.07, 6.45) is 0. The number of aromatic amines is 2. The van der Waals surface area contributed by atoms with Gasteiger partial charge in [0.25, 0.3) is 11.1 Å². The van der Waals surface area contributed by atoms with Crippen LogP contribution in [0.15, 0.2) is 39.9 Å². The van der Waals surface area contributed by atoms with Gasteiger partial charge in [0.15, 0.2) is 0 Å². The highest BCUT2D eigenvalue weighted by atomic mass is 32.2. The van der Waals surface area contributed by atoms with Crippen molar-refractivity contribution >= 4 is 34.4 Å². The molecule has 2 aromatic heterocycles. The van der Waals surface area contributed by atoms with Gasteiger partial charge in [-0.15, -0.1) is 11.8 Å². The lowest BCUT2D eigenvalue weighted by Gasteiger charge is -2.15. The van der Waals surface area contributed by atoms with E-state index < -0.39 is 5.25 Å². The van der Waals surface area contributed by atoms with Crippen LogP contribution in [-0.4, -0.2) is 26.4 Å². The Labute approximate surface area is 152 Å². The number of para-hydroxylation sites is 1. The molecular formula is C18H18N4O3S. The molecule has 3 N–H and O–H groups in total. The minimum atomic E-state index is -0.527. The summed E-state index contributed by atoms with van der Waals surface area (Å²) < 4.78 is 1.64. The third kappa shape index (κ3) is 2.66. The molecular weight excluding hydrogens is 352 g/mol. The van der Waals surface area contributed by atoms with Crippen molar-refractivity contribution < 1.29 is 4.79 Å². The fraction of sp³-hybridized carbons (Fsp3) is 0.278. The maximum Gasteiger partial charge on any atom is 0.270 e. The number of hydrogen-bond donors (Lipinski definition) is 3. The second-order valence-electron chi connectivity index (χ2n) is 6.55. The van der Waals surface area contributed by atoms with E-state index in [4.69, 9.17) is 0 Å². The molecule has 0 fully saturated rings. The van der Waals surface area contributed by atoms with E-state index in [0.717, 1.165) is 10.9 Å². The molecule has 1 atom stereocenters. The van der Waals surface area contributed by atoms with Crippen molar-refractivity contribution in [1.29, 1.82) is 0 Å². The maximum atomic E-state index is 12.7. The number of anilines is 1. The molecule has 1 aliphatic rings. The summed E-state index contributed by atoms with van der Waals surface area (Å²) in [6, 6.07) is 9.25. The fourth-order valence-electron chi connectivity index (χ4n) is 3.24. The van der Waals surface area contributed by atoms with Gasteiger partial charge in [-0.2, -0.15) is 0 Å². The van der Waals surface area contributed by atoms with Crippen LogP contribution in [0, 0.1) is 0 Å². The molecule has 0 saturated heterocycles. The third-order valence-corrected chi connectivity index (χ3v) is 5.70. The smallest absolute Gasteiger partial charge is 0.270 e. The Morgan fingerprint density at radius 2 is 1.92 bits per heavy atom. The second kappa shape index (κ2) is 6.21. The molecule has 1 aliphatic heterocycles. The zero-order chi connectivity index (χ0) is 18.4. The van der Waals surface area contributed by atoms with Crippen LogP contribution in [0.4, 0.5) is 5.82 Å². The molecule has 26 heavy (non-hydrogen) atoms. The van der Waals surface area contributed by atoms with Crippen LogP contribution in [0.3, 0.4) is 0 Å². The quantitative estimate of drug-likeness (QED) is 0.645. The number of hydrogen-bond acceptors (Lipinski definition) is 4. The third-order valence-electron chi connectivity index (χ3n) is 4.44. The average Bonchev–Trinajstić information content (AvgIpc) is 2.81. The van der Waals surface area contributed by atoms with E-state index in [-0.39, 0.29) is 28.8 Å². The molecule has 0 unspecified atom stereocenters. The standard InChI is InChI=1S/C18H18N4O3S/c1-9(2)22-16-14(18(25)21-22)15(26-8-13(23)20-16)11-7-10-5-3-4-6-12(10)19-17(11)24/h3-7,9,15H,8H2,1-2H3,(H,19,24)(H,20,23)(H,21,25)/t15-/m1/s1. The Bertz CT molecular complexity index is 1130. The highest BCUT2D eigenvalue weighted by Crippen LogP contribution is 2.39. The SMILES string of the molecule is CC(C)n1[nH]c(=O)c2c1NC(=O)CS[C@@H]2c1cc2ccccc2[nH]c1=O. The Morgan fingerprint density at radius 1 is 1.15 bits per heavy atom. The topological polar surface area (TPSA) is 99.8 Å². The minimum Gasteiger partial charge on any atom is -0.322 e. The number of H-pyrrole nitrogens is 2. The molecule has 0 radical (unpaired) electrons. The highest BCUT2D eigenvalue weighted by Gasteiger charge is 2.32. The Balaban J connectivity index is 1.96. The molecule has 4 rings (SSSR count). The number of amides is 1. The van der Waals surface area contributed by atoms with E-state index in [1.54, 1.807) is 10.7 Å². The number of carbonyl (C=O) groups excluding carboxylic acids is 1. The molecule has 0 spiro atoms. The Kier molecular flexibility index (Phi) is 3.99. The predicted molar refractivity (Wildman–Crippen MR) is 103 cm³/mol. The summed E-state index contributed by atoms with van der Waals surface area (Å²) in [5, 5.41) is 5.94.